The summed E-state index contributed by atoms with van der Waals surface area (Å²) in [5.41, 5.74) is 1.01. The molecular weight excluding hydrogens is 306 g/mol. The number of para-hydroxylation sites is 1. The molecule has 0 N–H and O–H groups in total. The van der Waals surface area contributed by atoms with E-state index in [9.17, 15) is 9.59 Å². The first kappa shape index (κ1) is 16.8. The third-order valence-electron chi connectivity index (χ3n) is 4.77. The Labute approximate surface area is 142 Å². The molecule has 0 aliphatic carbocycles. The van der Waals surface area contributed by atoms with E-state index in [4.69, 9.17) is 9.47 Å². The lowest BCUT2D eigenvalue weighted by Gasteiger charge is -2.27. The van der Waals surface area contributed by atoms with Gasteiger partial charge in [-0.25, -0.2) is 0 Å². The molecule has 5 heteroatoms. The molecule has 0 bridgehead atoms. The van der Waals surface area contributed by atoms with Crippen molar-refractivity contribution in [3.8, 4) is 5.75 Å². The summed E-state index contributed by atoms with van der Waals surface area (Å²) in [6, 6.07) is 7.71. The highest BCUT2D eigenvalue weighted by Crippen LogP contribution is 2.27. The van der Waals surface area contributed by atoms with Gasteiger partial charge in [0.15, 0.2) is 6.10 Å². The van der Waals surface area contributed by atoms with Crippen LogP contribution in [0.2, 0.25) is 0 Å². The van der Waals surface area contributed by atoms with Gasteiger partial charge in [0.05, 0.1) is 5.92 Å². The Morgan fingerprint density at radius 3 is 2.62 bits per heavy atom. The number of rotatable bonds is 3. The van der Waals surface area contributed by atoms with Crippen molar-refractivity contribution in [2.24, 2.45) is 5.92 Å². The second kappa shape index (κ2) is 7.69. The van der Waals surface area contributed by atoms with Crippen molar-refractivity contribution < 1.29 is 19.1 Å². The molecule has 5 nitrogen and oxygen atoms in total. The predicted octanol–water partition coefficient (Wildman–Crippen LogP) is 2.57. The normalized spacial score (nSPS) is 21.9. The molecule has 1 saturated heterocycles. The van der Waals surface area contributed by atoms with Crippen LogP contribution in [0.1, 0.15) is 38.2 Å². The van der Waals surface area contributed by atoms with Crippen LogP contribution in [0.5, 0.6) is 5.75 Å². The lowest BCUT2D eigenvalue weighted by Crippen LogP contribution is -2.42. The van der Waals surface area contributed by atoms with E-state index < -0.39 is 6.10 Å². The van der Waals surface area contributed by atoms with E-state index in [-0.39, 0.29) is 17.8 Å². The molecule has 0 radical (unpaired) electrons. The fourth-order valence-corrected chi connectivity index (χ4v) is 3.35. The Morgan fingerprint density at radius 1 is 1.17 bits per heavy atom. The van der Waals surface area contributed by atoms with Gasteiger partial charge in [-0.1, -0.05) is 31.0 Å². The molecule has 0 saturated carbocycles. The fourth-order valence-electron chi connectivity index (χ4n) is 3.35. The van der Waals surface area contributed by atoms with Crippen molar-refractivity contribution in [1.29, 1.82) is 0 Å². The summed E-state index contributed by atoms with van der Waals surface area (Å²) >= 11 is 0. The molecule has 1 amide bonds. The summed E-state index contributed by atoms with van der Waals surface area (Å²) in [7, 11) is 0. The van der Waals surface area contributed by atoms with Crippen LogP contribution in [0.25, 0.3) is 0 Å². The predicted molar refractivity (Wildman–Crippen MR) is 89.7 cm³/mol. The number of nitrogens with zero attached hydrogens (tertiary/aromatic N) is 1. The van der Waals surface area contributed by atoms with Gasteiger partial charge in [-0.3, -0.25) is 9.59 Å². The first-order valence-corrected chi connectivity index (χ1v) is 8.85. The maximum atomic E-state index is 12.5. The van der Waals surface area contributed by atoms with Crippen LogP contribution < -0.4 is 4.74 Å². The van der Waals surface area contributed by atoms with E-state index in [1.54, 1.807) is 6.92 Å². The van der Waals surface area contributed by atoms with Crippen molar-refractivity contribution in [2.75, 3.05) is 19.7 Å². The van der Waals surface area contributed by atoms with Gasteiger partial charge in [-0.05, 0) is 37.8 Å². The van der Waals surface area contributed by atoms with Gasteiger partial charge in [0.1, 0.15) is 12.4 Å². The second-order valence-electron chi connectivity index (χ2n) is 6.64. The number of carbonyl (C=O) groups excluding carboxylic acids is 2. The van der Waals surface area contributed by atoms with Crippen molar-refractivity contribution in [3.63, 3.8) is 0 Å². The molecule has 1 aromatic rings. The number of esters is 1. The van der Waals surface area contributed by atoms with Crippen LogP contribution in [0.3, 0.4) is 0 Å². The molecule has 1 aromatic carbocycles. The summed E-state index contributed by atoms with van der Waals surface area (Å²) in [6.07, 6.45) is 4.25. The molecule has 2 aliphatic heterocycles. The Balaban J connectivity index is 1.55. The second-order valence-corrected chi connectivity index (χ2v) is 6.64. The summed E-state index contributed by atoms with van der Waals surface area (Å²) in [5, 5.41) is 0. The van der Waals surface area contributed by atoms with E-state index in [2.05, 4.69) is 0 Å². The van der Waals surface area contributed by atoms with Crippen LogP contribution in [0, 0.1) is 5.92 Å². The van der Waals surface area contributed by atoms with Crippen molar-refractivity contribution >= 4 is 11.9 Å². The smallest absolute Gasteiger partial charge is 0.313 e. The SMILES string of the molecule is CC(OC(=O)C1COc2ccccc2C1)C(=O)N1CCCCCC1. The van der Waals surface area contributed by atoms with Gasteiger partial charge >= 0.3 is 5.97 Å². The molecule has 2 heterocycles. The molecule has 24 heavy (non-hydrogen) atoms. The van der Waals surface area contributed by atoms with Crippen LogP contribution in [-0.4, -0.2) is 42.6 Å². The highest BCUT2D eigenvalue weighted by molar-refractivity contribution is 5.84. The monoisotopic (exact) mass is 331 g/mol. The third kappa shape index (κ3) is 3.89. The van der Waals surface area contributed by atoms with Gasteiger partial charge < -0.3 is 14.4 Å². The van der Waals surface area contributed by atoms with Crippen molar-refractivity contribution in [3.05, 3.63) is 29.8 Å². The minimum Gasteiger partial charge on any atom is -0.492 e. The number of hydrogen-bond donors (Lipinski definition) is 0. The van der Waals surface area contributed by atoms with Crippen LogP contribution >= 0.6 is 0 Å². The van der Waals surface area contributed by atoms with Gasteiger partial charge in [0.25, 0.3) is 5.91 Å². The van der Waals surface area contributed by atoms with Crippen LogP contribution in [0.4, 0.5) is 0 Å². The largest absolute Gasteiger partial charge is 0.492 e. The fraction of sp³-hybridized carbons (Fsp3) is 0.579. The number of benzene rings is 1. The van der Waals surface area contributed by atoms with Gasteiger partial charge in [-0.15, -0.1) is 0 Å². The molecule has 2 atom stereocenters. The van der Waals surface area contributed by atoms with Gasteiger partial charge in [-0.2, -0.15) is 0 Å². The van der Waals surface area contributed by atoms with Gasteiger partial charge in [0, 0.05) is 13.1 Å². The zero-order valence-electron chi connectivity index (χ0n) is 14.2. The van der Waals surface area contributed by atoms with Crippen LogP contribution in [-0.2, 0) is 20.7 Å². The molecule has 0 spiro atoms. The highest BCUT2D eigenvalue weighted by atomic mass is 16.6. The molecule has 3 rings (SSSR count). The number of carbonyl (C=O) groups is 2. The molecule has 2 aliphatic rings. The molecule has 1 fully saturated rings. The zero-order chi connectivity index (χ0) is 16.9. The highest BCUT2D eigenvalue weighted by Gasteiger charge is 2.31. The standard InChI is InChI=1S/C19H25NO4/c1-14(18(21)20-10-6-2-3-7-11-20)24-19(22)16-12-15-8-4-5-9-17(15)23-13-16/h4-5,8-9,14,16H,2-3,6-7,10-13H2,1H3. The van der Waals surface area contributed by atoms with E-state index >= 15 is 0 Å². The maximum Gasteiger partial charge on any atom is 0.313 e. The van der Waals surface area contributed by atoms with Gasteiger partial charge in [0.2, 0.25) is 0 Å². The summed E-state index contributed by atoms with van der Waals surface area (Å²) < 4.78 is 11.1. The Bertz CT molecular complexity index is 593. The Kier molecular flexibility index (Phi) is 5.38. The first-order chi connectivity index (χ1) is 11.6. The number of amides is 1. The first-order valence-electron chi connectivity index (χ1n) is 8.85. The Hall–Kier alpha value is -2.04. The number of likely N-dealkylation sites (tertiary alicyclic amines) is 1. The summed E-state index contributed by atoms with van der Waals surface area (Å²) in [5.74, 6) is 0.0529. The zero-order valence-corrected chi connectivity index (χ0v) is 14.2. The average molecular weight is 331 g/mol. The molecule has 130 valence electrons. The minimum absolute atomic E-state index is 0.0811. The molecular formula is C19H25NO4. The quantitative estimate of drug-likeness (QED) is 0.799. The average Bonchev–Trinajstić information content (AvgIpc) is 2.89. The lowest BCUT2D eigenvalue weighted by molar-refractivity contribution is -0.163. The van der Waals surface area contributed by atoms with E-state index in [1.807, 2.05) is 29.2 Å². The van der Waals surface area contributed by atoms with Crippen molar-refractivity contribution in [2.45, 2.75) is 45.1 Å². The number of hydrogen-bond acceptors (Lipinski definition) is 4. The third-order valence-corrected chi connectivity index (χ3v) is 4.77. The van der Waals surface area contributed by atoms with E-state index in [1.165, 1.54) is 0 Å². The summed E-state index contributed by atoms with van der Waals surface area (Å²) in [6.45, 7) is 3.50. The number of fused-ring (bicyclic) bond motifs is 1. The minimum atomic E-state index is -0.729. The maximum absolute atomic E-state index is 12.5. The van der Waals surface area contributed by atoms with Crippen molar-refractivity contribution in [1.82, 2.24) is 4.90 Å². The Morgan fingerprint density at radius 2 is 1.88 bits per heavy atom. The van der Waals surface area contributed by atoms with E-state index in [0.717, 1.165) is 50.1 Å². The molecule has 0 aromatic heterocycles. The number of ether oxygens (including phenoxy) is 2. The summed E-state index contributed by atoms with van der Waals surface area (Å²) in [4.78, 5) is 26.7. The molecule has 2 unspecified atom stereocenters. The van der Waals surface area contributed by atoms with Crippen LogP contribution in [0.15, 0.2) is 24.3 Å². The topological polar surface area (TPSA) is 55.8 Å². The lowest BCUT2D eigenvalue weighted by atomic mass is 9.97. The van der Waals surface area contributed by atoms with E-state index in [0.29, 0.717) is 13.0 Å².